The third-order valence-corrected chi connectivity index (χ3v) is 4.71. The molecule has 138 valence electrons. The summed E-state index contributed by atoms with van der Waals surface area (Å²) in [4.78, 5) is 28.1. The van der Waals surface area contributed by atoms with Crippen molar-refractivity contribution in [1.29, 1.82) is 0 Å². The van der Waals surface area contributed by atoms with Gasteiger partial charge in [-0.25, -0.2) is 8.42 Å². The van der Waals surface area contributed by atoms with Crippen molar-refractivity contribution >= 4 is 27.5 Å². The van der Waals surface area contributed by atoms with Crippen molar-refractivity contribution in [3.8, 4) is 0 Å². The summed E-state index contributed by atoms with van der Waals surface area (Å²) in [5, 5.41) is 0. The molecule has 2 rings (SSSR count). The molecule has 7 nitrogen and oxygen atoms in total. The van der Waals surface area contributed by atoms with Crippen LogP contribution in [-0.2, 0) is 14.8 Å². The van der Waals surface area contributed by atoms with E-state index in [0.717, 1.165) is 19.1 Å². The maximum atomic E-state index is 12.5. The summed E-state index contributed by atoms with van der Waals surface area (Å²) in [5.41, 5.74) is 0.926. The SMILES string of the molecule is CCCCC(=O)N1CCN(C(=O)c2ccc(NS(C)(=O)=O)cc2)CC1. The van der Waals surface area contributed by atoms with Gasteiger partial charge >= 0.3 is 0 Å². The van der Waals surface area contributed by atoms with Crippen molar-refractivity contribution in [1.82, 2.24) is 9.80 Å². The van der Waals surface area contributed by atoms with Gasteiger partial charge in [0.25, 0.3) is 5.91 Å². The number of nitrogens with one attached hydrogen (secondary N) is 1. The van der Waals surface area contributed by atoms with Crippen molar-refractivity contribution in [2.24, 2.45) is 0 Å². The minimum Gasteiger partial charge on any atom is -0.339 e. The Labute approximate surface area is 149 Å². The Bertz CT molecular complexity index is 708. The number of anilines is 1. The van der Waals surface area contributed by atoms with Crippen molar-refractivity contribution in [3.63, 3.8) is 0 Å². The average Bonchev–Trinajstić information content (AvgIpc) is 2.58. The second kappa shape index (κ2) is 8.33. The van der Waals surface area contributed by atoms with Gasteiger partial charge in [-0.15, -0.1) is 0 Å². The number of carbonyl (C=O) groups excluding carboxylic acids is 2. The molecule has 0 aromatic heterocycles. The molecule has 0 radical (unpaired) electrons. The van der Waals surface area contributed by atoms with Gasteiger partial charge in [0.15, 0.2) is 0 Å². The van der Waals surface area contributed by atoms with Crippen molar-refractivity contribution < 1.29 is 18.0 Å². The Morgan fingerprint density at radius 2 is 1.60 bits per heavy atom. The van der Waals surface area contributed by atoms with Crippen LogP contribution in [0, 0.1) is 0 Å². The molecule has 1 heterocycles. The summed E-state index contributed by atoms with van der Waals surface area (Å²) in [7, 11) is -3.33. The van der Waals surface area contributed by atoms with Crippen LogP contribution >= 0.6 is 0 Å². The fraction of sp³-hybridized carbons (Fsp3) is 0.529. The summed E-state index contributed by atoms with van der Waals surface area (Å²) < 4.78 is 24.8. The third-order valence-electron chi connectivity index (χ3n) is 4.10. The molecule has 2 amide bonds. The van der Waals surface area contributed by atoms with Gasteiger partial charge < -0.3 is 9.80 Å². The maximum Gasteiger partial charge on any atom is 0.253 e. The van der Waals surface area contributed by atoms with E-state index in [0.29, 0.717) is 43.9 Å². The number of hydrogen-bond acceptors (Lipinski definition) is 4. The van der Waals surface area contributed by atoms with Crippen molar-refractivity contribution in [2.75, 3.05) is 37.2 Å². The molecule has 0 unspecified atom stereocenters. The number of unbranched alkanes of at least 4 members (excludes halogenated alkanes) is 1. The number of nitrogens with zero attached hydrogens (tertiary/aromatic N) is 2. The second-order valence-corrected chi connectivity index (χ2v) is 7.98. The zero-order chi connectivity index (χ0) is 18.4. The lowest BCUT2D eigenvalue weighted by Crippen LogP contribution is -2.50. The van der Waals surface area contributed by atoms with E-state index in [9.17, 15) is 18.0 Å². The topological polar surface area (TPSA) is 86.8 Å². The monoisotopic (exact) mass is 367 g/mol. The van der Waals surface area contributed by atoms with Crippen LogP contribution in [0.1, 0.15) is 36.5 Å². The molecule has 0 saturated carbocycles. The Morgan fingerprint density at radius 1 is 1.04 bits per heavy atom. The highest BCUT2D eigenvalue weighted by atomic mass is 32.2. The van der Waals surface area contributed by atoms with E-state index >= 15 is 0 Å². The van der Waals surface area contributed by atoms with Gasteiger partial charge in [0, 0.05) is 43.9 Å². The van der Waals surface area contributed by atoms with Crippen LogP contribution in [0.15, 0.2) is 24.3 Å². The molecule has 0 bridgehead atoms. The first kappa shape index (κ1) is 19.2. The van der Waals surface area contributed by atoms with E-state index in [1.54, 1.807) is 29.2 Å². The number of amides is 2. The fourth-order valence-corrected chi connectivity index (χ4v) is 3.29. The first-order valence-electron chi connectivity index (χ1n) is 8.45. The van der Waals surface area contributed by atoms with Gasteiger partial charge in [0.1, 0.15) is 0 Å². The summed E-state index contributed by atoms with van der Waals surface area (Å²) in [6.07, 6.45) is 3.53. The van der Waals surface area contributed by atoms with Crippen LogP contribution in [0.2, 0.25) is 0 Å². The summed E-state index contributed by atoms with van der Waals surface area (Å²) in [6, 6.07) is 6.35. The molecular weight excluding hydrogens is 342 g/mol. The van der Waals surface area contributed by atoms with Crippen LogP contribution in [-0.4, -0.2) is 62.5 Å². The second-order valence-electron chi connectivity index (χ2n) is 6.23. The van der Waals surface area contributed by atoms with Gasteiger partial charge in [0.2, 0.25) is 15.9 Å². The number of benzene rings is 1. The van der Waals surface area contributed by atoms with E-state index < -0.39 is 10.0 Å². The molecule has 1 aliphatic rings. The molecule has 1 aliphatic heterocycles. The van der Waals surface area contributed by atoms with Crippen LogP contribution in [0.3, 0.4) is 0 Å². The Balaban J connectivity index is 1.91. The van der Waals surface area contributed by atoms with Gasteiger partial charge in [0.05, 0.1) is 6.26 Å². The molecule has 0 atom stereocenters. The largest absolute Gasteiger partial charge is 0.339 e. The highest BCUT2D eigenvalue weighted by Crippen LogP contribution is 2.14. The van der Waals surface area contributed by atoms with Crippen LogP contribution in [0.5, 0.6) is 0 Å². The number of rotatable bonds is 6. The molecule has 1 saturated heterocycles. The van der Waals surface area contributed by atoms with Gasteiger partial charge in [-0.2, -0.15) is 0 Å². The lowest BCUT2D eigenvalue weighted by Gasteiger charge is -2.35. The van der Waals surface area contributed by atoms with E-state index in [2.05, 4.69) is 11.6 Å². The minimum atomic E-state index is -3.33. The number of hydrogen-bond donors (Lipinski definition) is 1. The lowest BCUT2D eigenvalue weighted by atomic mass is 10.1. The highest BCUT2D eigenvalue weighted by Gasteiger charge is 2.24. The molecular formula is C17H25N3O4S. The zero-order valence-corrected chi connectivity index (χ0v) is 15.5. The van der Waals surface area contributed by atoms with Crippen molar-refractivity contribution in [2.45, 2.75) is 26.2 Å². The smallest absolute Gasteiger partial charge is 0.253 e. The predicted octanol–water partition coefficient (Wildman–Crippen LogP) is 1.53. The number of piperazine rings is 1. The Hall–Kier alpha value is -2.09. The Morgan fingerprint density at radius 3 is 2.12 bits per heavy atom. The quantitative estimate of drug-likeness (QED) is 0.826. The molecule has 0 aliphatic carbocycles. The summed E-state index contributed by atoms with van der Waals surface area (Å²) in [6.45, 7) is 4.20. The molecule has 1 N–H and O–H groups in total. The molecule has 1 fully saturated rings. The minimum absolute atomic E-state index is 0.105. The predicted molar refractivity (Wildman–Crippen MR) is 96.9 cm³/mol. The molecule has 1 aromatic rings. The fourth-order valence-electron chi connectivity index (χ4n) is 2.72. The number of carbonyl (C=O) groups is 2. The zero-order valence-electron chi connectivity index (χ0n) is 14.7. The van der Waals surface area contributed by atoms with Gasteiger partial charge in [-0.05, 0) is 30.7 Å². The molecule has 1 aromatic carbocycles. The van der Waals surface area contributed by atoms with E-state index in [1.165, 1.54) is 0 Å². The molecule has 25 heavy (non-hydrogen) atoms. The first-order chi connectivity index (χ1) is 11.8. The molecule has 0 spiro atoms. The summed E-state index contributed by atoms with van der Waals surface area (Å²) in [5.74, 6) is 0.0525. The average molecular weight is 367 g/mol. The normalized spacial score (nSPS) is 15.1. The molecule has 8 heteroatoms. The summed E-state index contributed by atoms with van der Waals surface area (Å²) >= 11 is 0. The van der Waals surface area contributed by atoms with Crippen molar-refractivity contribution in [3.05, 3.63) is 29.8 Å². The van der Waals surface area contributed by atoms with Crippen LogP contribution in [0.25, 0.3) is 0 Å². The standard InChI is InChI=1S/C17H25N3O4S/c1-3-4-5-16(21)19-10-12-20(13-11-19)17(22)14-6-8-15(9-7-14)18-25(2,23)24/h6-9,18H,3-5,10-13H2,1-2H3. The van der Waals surface area contributed by atoms with Crippen LogP contribution < -0.4 is 4.72 Å². The van der Waals surface area contributed by atoms with Gasteiger partial charge in [-0.3, -0.25) is 14.3 Å². The Kier molecular flexibility index (Phi) is 6.41. The first-order valence-corrected chi connectivity index (χ1v) is 10.3. The lowest BCUT2D eigenvalue weighted by molar-refractivity contribution is -0.132. The third kappa shape index (κ3) is 5.74. The maximum absolute atomic E-state index is 12.5. The van der Waals surface area contributed by atoms with E-state index in [-0.39, 0.29) is 11.8 Å². The van der Waals surface area contributed by atoms with E-state index in [4.69, 9.17) is 0 Å². The highest BCUT2D eigenvalue weighted by molar-refractivity contribution is 7.92. The van der Waals surface area contributed by atoms with Crippen LogP contribution in [0.4, 0.5) is 5.69 Å². The van der Waals surface area contributed by atoms with Gasteiger partial charge in [-0.1, -0.05) is 13.3 Å². The van der Waals surface area contributed by atoms with E-state index in [1.807, 2.05) is 4.90 Å². The number of sulfonamides is 1.